The zero-order chi connectivity index (χ0) is 13.2. The minimum absolute atomic E-state index is 0.0833. The van der Waals surface area contributed by atoms with Gasteiger partial charge in [-0.1, -0.05) is 6.42 Å². The summed E-state index contributed by atoms with van der Waals surface area (Å²) < 4.78 is 11.7. The van der Waals surface area contributed by atoms with Crippen LogP contribution in [0.4, 0.5) is 10.1 Å². The second-order valence-electron chi connectivity index (χ2n) is 4.25. The van der Waals surface area contributed by atoms with Gasteiger partial charge in [0.05, 0.1) is 0 Å². The number of nitrogens with zero attached hydrogens (tertiary/aromatic N) is 1. The van der Waals surface area contributed by atoms with Gasteiger partial charge in [-0.3, -0.25) is 4.79 Å². The van der Waals surface area contributed by atoms with Gasteiger partial charge in [-0.15, -0.1) is 0 Å². The third kappa shape index (κ3) is 5.31. The van der Waals surface area contributed by atoms with E-state index in [1.165, 1.54) is 19.3 Å². The molecule has 0 aliphatic carbocycles. The lowest BCUT2D eigenvalue weighted by Gasteiger charge is -2.24. The molecular formula is C13H22FN3O. The van der Waals surface area contributed by atoms with E-state index < -0.39 is 0 Å². The van der Waals surface area contributed by atoms with Crippen LogP contribution in [-0.4, -0.2) is 43.2 Å². The molecule has 4 nitrogen and oxygen atoms in total. The summed E-state index contributed by atoms with van der Waals surface area (Å²) in [6, 6.07) is 3.49. The van der Waals surface area contributed by atoms with E-state index in [2.05, 4.69) is 15.2 Å². The monoisotopic (exact) mass is 255 g/mol. The molecule has 1 fully saturated rings. The third-order valence-electron chi connectivity index (χ3n) is 2.94. The summed E-state index contributed by atoms with van der Waals surface area (Å²) in [5.74, 6) is 0. The first-order valence-corrected chi connectivity index (χ1v) is 6.41. The van der Waals surface area contributed by atoms with Crippen LogP contribution in [0.25, 0.3) is 0 Å². The molecule has 1 saturated heterocycles. The van der Waals surface area contributed by atoms with Gasteiger partial charge in [-0.05, 0) is 38.1 Å². The lowest BCUT2D eigenvalue weighted by Crippen LogP contribution is -2.31. The highest BCUT2D eigenvalue weighted by molar-refractivity contribution is 5.38. The van der Waals surface area contributed by atoms with Gasteiger partial charge in [-0.25, -0.2) is 4.39 Å². The molecule has 1 aromatic heterocycles. The molecule has 0 amide bonds. The summed E-state index contributed by atoms with van der Waals surface area (Å²) in [7, 11) is 1.71. The van der Waals surface area contributed by atoms with Gasteiger partial charge in [0.25, 0.3) is 5.56 Å². The first-order valence-electron chi connectivity index (χ1n) is 6.41. The Hall–Kier alpha value is -1.36. The molecular weight excluding hydrogens is 233 g/mol. The van der Waals surface area contributed by atoms with Crippen LogP contribution in [0.3, 0.4) is 0 Å². The fraction of sp³-hybridized carbons (Fsp3) is 0.615. The maximum atomic E-state index is 11.7. The number of piperidine rings is 1. The van der Waals surface area contributed by atoms with Crippen molar-refractivity contribution < 1.29 is 4.39 Å². The molecule has 0 atom stereocenters. The van der Waals surface area contributed by atoms with Crippen molar-refractivity contribution >= 4 is 5.69 Å². The number of aromatic amines is 1. The lowest BCUT2D eigenvalue weighted by atomic mass is 10.1. The van der Waals surface area contributed by atoms with Gasteiger partial charge in [0.15, 0.2) is 0 Å². The summed E-state index contributed by atoms with van der Waals surface area (Å²) in [6.45, 7) is 2.70. The molecule has 2 heterocycles. The highest BCUT2D eigenvalue weighted by Gasteiger charge is 2.07. The molecule has 0 unspecified atom stereocenters. The number of nitrogens with one attached hydrogen (secondary N) is 2. The number of likely N-dealkylation sites (tertiary alicyclic amines) is 1. The highest BCUT2D eigenvalue weighted by atomic mass is 19.1. The molecule has 0 radical (unpaired) electrons. The Morgan fingerprint density at radius 2 is 2.11 bits per heavy atom. The number of anilines is 1. The second kappa shape index (κ2) is 8.69. The Labute approximate surface area is 107 Å². The maximum Gasteiger partial charge on any atom is 0.271 e. The minimum Gasteiger partial charge on any atom is -0.384 e. The van der Waals surface area contributed by atoms with E-state index in [4.69, 9.17) is 0 Å². The van der Waals surface area contributed by atoms with Gasteiger partial charge in [-0.2, -0.15) is 0 Å². The van der Waals surface area contributed by atoms with Crippen molar-refractivity contribution in [3.05, 3.63) is 28.7 Å². The first-order chi connectivity index (χ1) is 8.77. The Morgan fingerprint density at radius 3 is 2.61 bits per heavy atom. The van der Waals surface area contributed by atoms with Gasteiger partial charge < -0.3 is 15.2 Å². The smallest absolute Gasteiger partial charge is 0.271 e. The quantitative estimate of drug-likeness (QED) is 0.866. The maximum absolute atomic E-state index is 11.7. The van der Waals surface area contributed by atoms with Crippen LogP contribution in [-0.2, 0) is 0 Å². The largest absolute Gasteiger partial charge is 0.384 e. The van der Waals surface area contributed by atoms with E-state index in [0.29, 0.717) is 12.2 Å². The molecule has 18 heavy (non-hydrogen) atoms. The number of alkyl halides is 1. The zero-order valence-electron chi connectivity index (χ0n) is 10.9. The number of hydrogen-bond donors (Lipinski definition) is 2. The molecule has 0 saturated carbocycles. The predicted octanol–water partition coefficient (Wildman–Crippen LogP) is 1.86. The average Bonchev–Trinajstić information content (AvgIpc) is 2.42. The number of pyridine rings is 1. The molecule has 2 N–H and O–H groups in total. The van der Waals surface area contributed by atoms with E-state index >= 15 is 0 Å². The van der Waals surface area contributed by atoms with Crippen LogP contribution in [0.15, 0.2) is 23.1 Å². The van der Waals surface area contributed by atoms with Crippen molar-refractivity contribution in [2.24, 2.45) is 0 Å². The van der Waals surface area contributed by atoms with Crippen LogP contribution in [0.2, 0.25) is 0 Å². The van der Waals surface area contributed by atoms with Crippen molar-refractivity contribution in [1.29, 1.82) is 0 Å². The summed E-state index contributed by atoms with van der Waals surface area (Å²) in [5, 5.41) is 2.75. The highest BCUT2D eigenvalue weighted by Crippen LogP contribution is 2.07. The molecule has 1 aliphatic rings. The fourth-order valence-electron chi connectivity index (χ4n) is 1.92. The number of halogens is 1. The van der Waals surface area contributed by atoms with Crippen molar-refractivity contribution in [2.75, 3.05) is 38.7 Å². The van der Waals surface area contributed by atoms with Crippen LogP contribution in [0, 0.1) is 0 Å². The van der Waals surface area contributed by atoms with Crippen LogP contribution >= 0.6 is 0 Å². The Bertz CT molecular complexity index is 372. The molecule has 102 valence electrons. The fourth-order valence-corrected chi connectivity index (χ4v) is 1.92. The van der Waals surface area contributed by atoms with E-state index in [1.54, 1.807) is 25.4 Å². The standard InChI is InChI=1S/C7H14FN.C6H8N2O/c8-4-7-9-5-2-1-3-6-9;1-7-5-3-2-4-8-6(5)9/h1-7H2;2-4,7H,1H3,(H,8,9). The van der Waals surface area contributed by atoms with Crippen molar-refractivity contribution in [3.8, 4) is 0 Å². The normalized spacial score (nSPS) is 15.7. The third-order valence-corrected chi connectivity index (χ3v) is 2.94. The van der Waals surface area contributed by atoms with Gasteiger partial charge in [0.1, 0.15) is 12.4 Å². The predicted molar refractivity (Wildman–Crippen MR) is 72.9 cm³/mol. The average molecular weight is 255 g/mol. The number of hydrogen-bond acceptors (Lipinski definition) is 3. The Kier molecular flexibility index (Phi) is 7.10. The van der Waals surface area contributed by atoms with E-state index in [0.717, 1.165) is 13.1 Å². The zero-order valence-corrected chi connectivity index (χ0v) is 10.9. The second-order valence-corrected chi connectivity index (χ2v) is 4.25. The van der Waals surface area contributed by atoms with Crippen molar-refractivity contribution in [2.45, 2.75) is 19.3 Å². The van der Waals surface area contributed by atoms with Crippen LogP contribution in [0.1, 0.15) is 19.3 Å². The van der Waals surface area contributed by atoms with Crippen LogP contribution < -0.4 is 10.9 Å². The molecule has 2 rings (SSSR count). The SMILES string of the molecule is CNc1ccc[nH]c1=O.FCCN1CCCCC1. The molecule has 5 heteroatoms. The van der Waals surface area contributed by atoms with E-state index in [-0.39, 0.29) is 12.2 Å². The van der Waals surface area contributed by atoms with Gasteiger partial charge in [0.2, 0.25) is 0 Å². The van der Waals surface area contributed by atoms with Crippen molar-refractivity contribution in [3.63, 3.8) is 0 Å². The Balaban J connectivity index is 0.000000180. The number of rotatable bonds is 3. The van der Waals surface area contributed by atoms with Gasteiger partial charge >= 0.3 is 0 Å². The first kappa shape index (κ1) is 14.7. The van der Waals surface area contributed by atoms with Crippen molar-refractivity contribution in [1.82, 2.24) is 9.88 Å². The summed E-state index contributed by atoms with van der Waals surface area (Å²) in [5.41, 5.74) is 0.512. The Morgan fingerprint density at radius 1 is 1.39 bits per heavy atom. The molecule has 0 spiro atoms. The van der Waals surface area contributed by atoms with E-state index in [1.807, 2.05) is 0 Å². The number of H-pyrrole nitrogens is 1. The van der Waals surface area contributed by atoms with Gasteiger partial charge in [0, 0.05) is 19.8 Å². The summed E-state index contributed by atoms with van der Waals surface area (Å²) in [4.78, 5) is 15.5. The number of aromatic nitrogens is 1. The summed E-state index contributed by atoms with van der Waals surface area (Å²) in [6.07, 6.45) is 5.46. The van der Waals surface area contributed by atoms with E-state index in [9.17, 15) is 9.18 Å². The summed E-state index contributed by atoms with van der Waals surface area (Å²) >= 11 is 0. The molecule has 1 aromatic rings. The molecule has 1 aliphatic heterocycles. The van der Waals surface area contributed by atoms with Crippen LogP contribution in [0.5, 0.6) is 0 Å². The molecule has 0 aromatic carbocycles. The minimum atomic E-state index is -0.181. The molecule has 0 bridgehead atoms. The topological polar surface area (TPSA) is 48.1 Å². The lowest BCUT2D eigenvalue weighted by molar-refractivity contribution is 0.211.